The highest BCUT2D eigenvalue weighted by Crippen LogP contribution is 2.26. The maximum absolute atomic E-state index is 12.3. The Morgan fingerprint density at radius 1 is 1.42 bits per heavy atom. The maximum atomic E-state index is 12.3. The van der Waals surface area contributed by atoms with Gasteiger partial charge in [-0.3, -0.25) is 4.79 Å². The van der Waals surface area contributed by atoms with Gasteiger partial charge in [0.25, 0.3) is 0 Å². The normalized spacial score (nSPS) is 19.2. The van der Waals surface area contributed by atoms with Gasteiger partial charge < -0.3 is 5.32 Å². The van der Waals surface area contributed by atoms with Crippen LogP contribution in [0.15, 0.2) is 35.2 Å². The van der Waals surface area contributed by atoms with E-state index in [9.17, 15) is 13.2 Å². The Labute approximate surface area is 112 Å². The van der Waals surface area contributed by atoms with Crippen LogP contribution in [0.2, 0.25) is 0 Å². The van der Waals surface area contributed by atoms with E-state index >= 15 is 0 Å². The predicted molar refractivity (Wildman–Crippen MR) is 70.6 cm³/mol. The molecule has 1 saturated heterocycles. The van der Waals surface area contributed by atoms with E-state index < -0.39 is 16.1 Å². The molecule has 0 saturated carbocycles. The number of carbonyl (C=O) groups excluding carboxylic acids is 1. The van der Waals surface area contributed by atoms with E-state index in [0.717, 1.165) is 0 Å². The Bertz CT molecular complexity index is 605. The van der Waals surface area contributed by atoms with Crippen molar-refractivity contribution in [2.24, 2.45) is 0 Å². The second-order valence-electron chi connectivity index (χ2n) is 4.16. The third-order valence-corrected chi connectivity index (χ3v) is 4.91. The van der Waals surface area contributed by atoms with Crippen LogP contribution in [0.1, 0.15) is 6.42 Å². The third kappa shape index (κ3) is 2.62. The number of amides is 1. The Balaban J connectivity index is 2.15. The summed E-state index contributed by atoms with van der Waals surface area (Å²) in [4.78, 5) is 12.0. The van der Waals surface area contributed by atoms with Crippen LogP contribution in [-0.2, 0) is 14.8 Å². The van der Waals surface area contributed by atoms with Gasteiger partial charge in [0.05, 0.1) is 11.4 Å². The van der Waals surface area contributed by atoms with Crippen molar-refractivity contribution in [1.82, 2.24) is 9.62 Å². The molecule has 0 aromatic heterocycles. The smallest absolute Gasteiger partial charge is 0.243 e. The molecular formula is C13H14N2O3S. The molecule has 2 rings (SSSR count). The molecule has 0 radical (unpaired) electrons. The van der Waals surface area contributed by atoms with E-state index in [1.54, 1.807) is 18.2 Å². The van der Waals surface area contributed by atoms with Crippen molar-refractivity contribution in [3.8, 4) is 12.3 Å². The van der Waals surface area contributed by atoms with E-state index in [1.807, 2.05) is 0 Å². The van der Waals surface area contributed by atoms with E-state index in [-0.39, 0.29) is 17.3 Å². The second kappa shape index (κ2) is 5.43. The van der Waals surface area contributed by atoms with Gasteiger partial charge in [-0.1, -0.05) is 24.1 Å². The van der Waals surface area contributed by atoms with Gasteiger partial charge in [0.15, 0.2) is 0 Å². The summed E-state index contributed by atoms with van der Waals surface area (Å²) in [6, 6.07) is 7.43. The summed E-state index contributed by atoms with van der Waals surface area (Å²) in [5.74, 6) is 1.94. The molecule has 1 amide bonds. The van der Waals surface area contributed by atoms with Crippen LogP contribution in [0.25, 0.3) is 0 Å². The lowest BCUT2D eigenvalue weighted by Gasteiger charge is -2.38. The average molecular weight is 278 g/mol. The van der Waals surface area contributed by atoms with Crippen LogP contribution >= 0.6 is 0 Å². The fourth-order valence-corrected chi connectivity index (χ4v) is 3.55. The first-order chi connectivity index (χ1) is 9.07. The summed E-state index contributed by atoms with van der Waals surface area (Å²) in [6.07, 6.45) is 5.57. The number of hydrogen-bond donors (Lipinski definition) is 1. The first-order valence-corrected chi connectivity index (χ1v) is 7.29. The number of carbonyl (C=O) groups is 1. The molecule has 1 aromatic rings. The Kier molecular flexibility index (Phi) is 3.88. The molecule has 6 heteroatoms. The van der Waals surface area contributed by atoms with Gasteiger partial charge in [-0.05, 0) is 18.6 Å². The fourth-order valence-electron chi connectivity index (χ4n) is 1.90. The van der Waals surface area contributed by atoms with Crippen LogP contribution in [0, 0.1) is 12.3 Å². The number of nitrogens with one attached hydrogen (secondary N) is 1. The van der Waals surface area contributed by atoms with Gasteiger partial charge in [-0.15, -0.1) is 6.42 Å². The predicted octanol–water partition coefficient (Wildman–Crippen LogP) is 0.199. The third-order valence-electron chi connectivity index (χ3n) is 2.99. The molecule has 1 aromatic carbocycles. The monoisotopic (exact) mass is 278 g/mol. The van der Waals surface area contributed by atoms with Crippen molar-refractivity contribution >= 4 is 15.9 Å². The molecule has 0 aliphatic carbocycles. The molecule has 19 heavy (non-hydrogen) atoms. The lowest BCUT2D eigenvalue weighted by molar-refractivity contribution is -0.127. The van der Waals surface area contributed by atoms with E-state index in [0.29, 0.717) is 13.0 Å². The average Bonchev–Trinajstić information content (AvgIpc) is 2.35. The zero-order valence-corrected chi connectivity index (χ0v) is 11.1. The number of benzene rings is 1. The molecule has 1 fully saturated rings. The largest absolute Gasteiger partial charge is 0.344 e. The van der Waals surface area contributed by atoms with Crippen molar-refractivity contribution in [2.45, 2.75) is 17.4 Å². The summed E-state index contributed by atoms with van der Waals surface area (Å²) >= 11 is 0. The van der Waals surface area contributed by atoms with Gasteiger partial charge in [0.2, 0.25) is 15.9 Å². The number of terminal acetylenes is 1. The fraction of sp³-hybridized carbons (Fsp3) is 0.308. The first-order valence-electron chi connectivity index (χ1n) is 5.85. The minimum Gasteiger partial charge on any atom is -0.344 e. The Morgan fingerprint density at radius 2 is 2.11 bits per heavy atom. The molecule has 1 aliphatic rings. The summed E-state index contributed by atoms with van der Waals surface area (Å²) in [5.41, 5.74) is 0. The molecule has 5 nitrogen and oxygen atoms in total. The zero-order valence-electron chi connectivity index (χ0n) is 10.2. The topological polar surface area (TPSA) is 66.5 Å². The van der Waals surface area contributed by atoms with Gasteiger partial charge in [0, 0.05) is 6.54 Å². The lowest BCUT2D eigenvalue weighted by Crippen LogP contribution is -2.58. The minimum absolute atomic E-state index is 0.106. The maximum Gasteiger partial charge on any atom is 0.243 e. The molecule has 0 bridgehead atoms. The quantitative estimate of drug-likeness (QED) is 0.800. The Hall–Kier alpha value is -1.84. The van der Waals surface area contributed by atoms with Crippen LogP contribution in [-0.4, -0.2) is 37.8 Å². The molecule has 1 atom stereocenters. The molecule has 0 spiro atoms. The van der Waals surface area contributed by atoms with E-state index in [1.165, 1.54) is 16.4 Å². The number of hydrogen-bond acceptors (Lipinski definition) is 3. The van der Waals surface area contributed by atoms with Crippen molar-refractivity contribution < 1.29 is 13.2 Å². The van der Waals surface area contributed by atoms with Crippen molar-refractivity contribution in [2.75, 3.05) is 13.1 Å². The van der Waals surface area contributed by atoms with Crippen molar-refractivity contribution in [1.29, 1.82) is 0 Å². The Morgan fingerprint density at radius 3 is 2.63 bits per heavy atom. The number of nitrogens with zero attached hydrogens (tertiary/aromatic N) is 1. The van der Waals surface area contributed by atoms with Crippen molar-refractivity contribution in [3.05, 3.63) is 30.3 Å². The highest BCUT2D eigenvalue weighted by Gasteiger charge is 2.42. The summed E-state index contributed by atoms with van der Waals surface area (Å²) < 4.78 is 25.8. The van der Waals surface area contributed by atoms with Gasteiger partial charge in [-0.2, -0.15) is 4.31 Å². The minimum atomic E-state index is -3.60. The SMILES string of the molecule is C#CCNC(=O)[C@H]1CCN1S(=O)(=O)c1ccccc1. The highest BCUT2D eigenvalue weighted by molar-refractivity contribution is 7.89. The molecule has 100 valence electrons. The number of sulfonamides is 1. The molecule has 1 heterocycles. The molecule has 0 unspecified atom stereocenters. The van der Waals surface area contributed by atoms with Crippen LogP contribution < -0.4 is 5.32 Å². The van der Waals surface area contributed by atoms with Gasteiger partial charge in [-0.25, -0.2) is 8.42 Å². The standard InChI is InChI=1S/C13H14N2O3S/c1-2-9-14-13(16)12-8-10-15(12)19(17,18)11-6-4-3-5-7-11/h1,3-7,12H,8-10H2,(H,14,16)/t12-/m1/s1. The van der Waals surface area contributed by atoms with Crippen molar-refractivity contribution in [3.63, 3.8) is 0 Å². The zero-order chi connectivity index (χ0) is 13.9. The highest BCUT2D eigenvalue weighted by atomic mass is 32.2. The van der Waals surface area contributed by atoms with Crippen LogP contribution in [0.3, 0.4) is 0 Å². The second-order valence-corrected chi connectivity index (χ2v) is 6.05. The molecule has 1 aliphatic heterocycles. The van der Waals surface area contributed by atoms with Crippen LogP contribution in [0.4, 0.5) is 0 Å². The van der Waals surface area contributed by atoms with E-state index in [4.69, 9.17) is 6.42 Å². The summed E-state index contributed by atoms with van der Waals surface area (Å²) in [7, 11) is -3.60. The van der Waals surface area contributed by atoms with E-state index in [2.05, 4.69) is 11.2 Å². The molecular weight excluding hydrogens is 264 g/mol. The first kappa shape index (κ1) is 13.6. The summed E-state index contributed by atoms with van der Waals surface area (Å²) in [5, 5.41) is 2.51. The number of rotatable bonds is 4. The van der Waals surface area contributed by atoms with Gasteiger partial charge >= 0.3 is 0 Å². The van der Waals surface area contributed by atoms with Crippen LogP contribution in [0.5, 0.6) is 0 Å². The van der Waals surface area contributed by atoms with Gasteiger partial charge in [0.1, 0.15) is 6.04 Å². The molecule has 1 N–H and O–H groups in total. The summed E-state index contributed by atoms with van der Waals surface area (Å²) in [6.45, 7) is 0.458. The lowest BCUT2D eigenvalue weighted by atomic mass is 10.1.